The Morgan fingerprint density at radius 3 is 2.18 bits per heavy atom. The molecule has 0 amide bonds. The van der Waals surface area contributed by atoms with Gasteiger partial charge in [-0.1, -0.05) is 24.3 Å². The molecule has 0 aromatic heterocycles. The smallest absolute Gasteiger partial charge is 0.123 e. The van der Waals surface area contributed by atoms with Gasteiger partial charge in [0.2, 0.25) is 0 Å². The topological polar surface area (TPSA) is 12.5 Å². The van der Waals surface area contributed by atoms with Gasteiger partial charge in [0.25, 0.3) is 0 Å². The maximum Gasteiger partial charge on any atom is 0.123 e. The Labute approximate surface area is 129 Å². The Balaban J connectivity index is 1.71. The highest BCUT2D eigenvalue weighted by molar-refractivity contribution is 5.24. The van der Waals surface area contributed by atoms with Crippen molar-refractivity contribution in [3.05, 3.63) is 71.3 Å². The van der Waals surface area contributed by atoms with E-state index in [4.69, 9.17) is 4.74 Å². The first-order chi connectivity index (χ1) is 10.6. The number of benzene rings is 2. The predicted molar refractivity (Wildman–Crippen MR) is 81.6 cm³/mol. The fourth-order valence-electron chi connectivity index (χ4n) is 3.00. The van der Waals surface area contributed by atoms with E-state index in [0.29, 0.717) is 13.2 Å². The minimum atomic E-state index is -0.223. The van der Waals surface area contributed by atoms with Gasteiger partial charge in [-0.3, -0.25) is 4.90 Å². The number of hydrogen-bond acceptors (Lipinski definition) is 2. The molecule has 2 nitrogen and oxygen atoms in total. The van der Waals surface area contributed by atoms with Crippen molar-refractivity contribution in [3.63, 3.8) is 0 Å². The van der Waals surface area contributed by atoms with Crippen molar-refractivity contribution in [3.8, 4) is 0 Å². The summed E-state index contributed by atoms with van der Waals surface area (Å²) < 4.78 is 31.7. The largest absolute Gasteiger partial charge is 0.379 e. The molecule has 0 saturated carbocycles. The Morgan fingerprint density at radius 2 is 1.55 bits per heavy atom. The summed E-state index contributed by atoms with van der Waals surface area (Å²) >= 11 is 0. The normalized spacial score (nSPS) is 21.5. The minimum Gasteiger partial charge on any atom is -0.379 e. The van der Waals surface area contributed by atoms with Crippen LogP contribution in [0.15, 0.2) is 48.5 Å². The molecule has 116 valence electrons. The summed E-state index contributed by atoms with van der Waals surface area (Å²) in [5, 5.41) is 0. The number of hydrogen-bond donors (Lipinski definition) is 0. The lowest BCUT2D eigenvalue weighted by atomic mass is 9.93. The van der Waals surface area contributed by atoms with E-state index < -0.39 is 0 Å². The fourth-order valence-corrected chi connectivity index (χ4v) is 3.00. The van der Waals surface area contributed by atoms with Crippen molar-refractivity contribution in [2.24, 2.45) is 0 Å². The Hall–Kier alpha value is -1.78. The van der Waals surface area contributed by atoms with Gasteiger partial charge in [0.1, 0.15) is 11.6 Å². The predicted octanol–water partition coefficient (Wildman–Crippen LogP) is 3.58. The lowest BCUT2D eigenvalue weighted by molar-refractivity contribution is 0.156. The van der Waals surface area contributed by atoms with Crippen LogP contribution in [-0.2, 0) is 11.3 Å². The van der Waals surface area contributed by atoms with Crippen LogP contribution in [0.1, 0.15) is 17.0 Å². The van der Waals surface area contributed by atoms with Crippen LogP contribution in [0.2, 0.25) is 0 Å². The number of likely N-dealkylation sites (N-methyl/N-ethyl adjacent to an activating group) is 1. The van der Waals surface area contributed by atoms with Gasteiger partial charge in [0.05, 0.1) is 13.2 Å². The fraction of sp³-hybridized carbons (Fsp3) is 0.333. The van der Waals surface area contributed by atoms with E-state index in [0.717, 1.165) is 17.7 Å². The van der Waals surface area contributed by atoms with Gasteiger partial charge >= 0.3 is 0 Å². The molecule has 4 heteroatoms. The molecule has 3 rings (SSSR count). The summed E-state index contributed by atoms with van der Waals surface area (Å²) in [5.74, 6) is -0.218. The molecule has 0 aliphatic carbocycles. The van der Waals surface area contributed by atoms with E-state index in [1.807, 2.05) is 19.2 Å². The first-order valence-corrected chi connectivity index (χ1v) is 7.41. The summed E-state index contributed by atoms with van der Waals surface area (Å²) in [6.45, 7) is 2.02. The quantitative estimate of drug-likeness (QED) is 0.856. The lowest BCUT2D eigenvalue weighted by Crippen LogP contribution is -2.36. The third kappa shape index (κ3) is 3.34. The summed E-state index contributed by atoms with van der Waals surface area (Å²) in [6, 6.07) is 13.4. The van der Waals surface area contributed by atoms with Crippen LogP contribution in [0.4, 0.5) is 8.78 Å². The lowest BCUT2D eigenvalue weighted by Gasteiger charge is -2.28. The molecule has 0 N–H and O–H groups in total. The molecule has 2 aromatic rings. The Morgan fingerprint density at radius 1 is 0.955 bits per heavy atom. The number of halogens is 2. The molecular formula is C18H19F2NO. The summed E-state index contributed by atoms with van der Waals surface area (Å²) in [4.78, 5) is 2.22. The summed E-state index contributed by atoms with van der Waals surface area (Å²) in [5.41, 5.74) is 2.16. The average molecular weight is 303 g/mol. The average Bonchev–Trinajstić information content (AvgIpc) is 3.00. The van der Waals surface area contributed by atoms with Gasteiger partial charge in [-0.05, 0) is 42.4 Å². The van der Waals surface area contributed by atoms with Crippen molar-refractivity contribution < 1.29 is 13.5 Å². The van der Waals surface area contributed by atoms with E-state index in [1.54, 1.807) is 12.1 Å². The second-order valence-corrected chi connectivity index (χ2v) is 5.80. The maximum atomic E-state index is 13.1. The molecular weight excluding hydrogens is 284 g/mol. The molecule has 0 unspecified atom stereocenters. The van der Waals surface area contributed by atoms with E-state index in [9.17, 15) is 8.78 Å². The van der Waals surface area contributed by atoms with Gasteiger partial charge in [-0.2, -0.15) is 0 Å². The highest BCUT2D eigenvalue weighted by atomic mass is 19.1. The highest BCUT2D eigenvalue weighted by Gasteiger charge is 2.32. The number of nitrogens with zero attached hydrogens (tertiary/aromatic N) is 1. The van der Waals surface area contributed by atoms with Crippen LogP contribution < -0.4 is 0 Å². The first-order valence-electron chi connectivity index (χ1n) is 7.41. The van der Waals surface area contributed by atoms with E-state index >= 15 is 0 Å². The molecule has 2 atom stereocenters. The molecule has 1 fully saturated rings. The van der Waals surface area contributed by atoms with Crippen LogP contribution in [-0.4, -0.2) is 31.2 Å². The van der Waals surface area contributed by atoms with Crippen LogP contribution in [0, 0.1) is 11.6 Å². The molecule has 1 saturated heterocycles. The van der Waals surface area contributed by atoms with Crippen LogP contribution in [0.5, 0.6) is 0 Å². The van der Waals surface area contributed by atoms with Gasteiger partial charge in [-0.25, -0.2) is 8.78 Å². The van der Waals surface area contributed by atoms with E-state index in [1.165, 1.54) is 24.3 Å². The zero-order valence-electron chi connectivity index (χ0n) is 12.5. The number of rotatable bonds is 4. The molecule has 22 heavy (non-hydrogen) atoms. The van der Waals surface area contributed by atoms with Gasteiger partial charge < -0.3 is 4.74 Å². The molecule has 0 bridgehead atoms. The van der Waals surface area contributed by atoms with Crippen molar-refractivity contribution in [1.29, 1.82) is 0 Å². The van der Waals surface area contributed by atoms with Gasteiger partial charge in [0.15, 0.2) is 0 Å². The monoisotopic (exact) mass is 303 g/mol. The standard InChI is InChI=1S/C18H19F2NO/c1-21(10-13-2-6-15(19)7-3-13)18-12-22-11-17(18)14-4-8-16(20)9-5-14/h2-9,17-18H,10-12H2,1H3/t17-,18+/m0/s1. The second-order valence-electron chi connectivity index (χ2n) is 5.80. The Kier molecular flexibility index (Phi) is 4.50. The van der Waals surface area contributed by atoms with Crippen molar-refractivity contribution in [2.45, 2.75) is 18.5 Å². The molecule has 2 aromatic carbocycles. The molecule has 1 heterocycles. The van der Waals surface area contributed by atoms with Crippen LogP contribution in [0.3, 0.4) is 0 Å². The number of ether oxygens (including phenoxy) is 1. The maximum absolute atomic E-state index is 13.1. The Bertz CT molecular complexity index is 612. The summed E-state index contributed by atoms with van der Waals surface area (Å²) in [6.07, 6.45) is 0. The molecule has 1 aliphatic heterocycles. The third-order valence-electron chi connectivity index (χ3n) is 4.26. The van der Waals surface area contributed by atoms with Crippen LogP contribution >= 0.6 is 0 Å². The van der Waals surface area contributed by atoms with Crippen molar-refractivity contribution >= 4 is 0 Å². The van der Waals surface area contributed by atoms with Gasteiger partial charge in [-0.15, -0.1) is 0 Å². The highest BCUT2D eigenvalue weighted by Crippen LogP contribution is 2.29. The molecule has 0 radical (unpaired) electrons. The second kappa shape index (κ2) is 6.55. The minimum absolute atomic E-state index is 0.222. The zero-order valence-corrected chi connectivity index (χ0v) is 12.5. The SMILES string of the molecule is CN(Cc1ccc(F)cc1)[C@@H]1COC[C@H]1c1ccc(F)cc1. The van der Waals surface area contributed by atoms with Gasteiger partial charge in [0, 0.05) is 18.5 Å². The van der Waals surface area contributed by atoms with Crippen molar-refractivity contribution in [2.75, 3.05) is 20.3 Å². The van der Waals surface area contributed by atoms with Crippen LogP contribution in [0.25, 0.3) is 0 Å². The van der Waals surface area contributed by atoms with Crippen molar-refractivity contribution in [1.82, 2.24) is 4.90 Å². The molecule has 1 aliphatic rings. The third-order valence-corrected chi connectivity index (χ3v) is 4.26. The molecule has 0 spiro atoms. The van der Waals surface area contributed by atoms with E-state index in [2.05, 4.69) is 4.90 Å². The van der Waals surface area contributed by atoms with E-state index in [-0.39, 0.29) is 23.6 Å². The zero-order chi connectivity index (χ0) is 15.5. The first kappa shape index (κ1) is 15.1. The summed E-state index contributed by atoms with van der Waals surface area (Å²) in [7, 11) is 2.04.